The summed E-state index contributed by atoms with van der Waals surface area (Å²) in [5, 5.41) is 15.2. The first-order chi connectivity index (χ1) is 14.9. The maximum atomic E-state index is 12.7. The van der Waals surface area contributed by atoms with Gasteiger partial charge in [0.1, 0.15) is 5.75 Å². The number of nitrogens with zero attached hydrogens (tertiary/aromatic N) is 1. The van der Waals surface area contributed by atoms with Crippen LogP contribution < -0.4 is 16.4 Å². The number of carbonyl (C=O) groups is 3. The Labute approximate surface area is 180 Å². The van der Waals surface area contributed by atoms with Gasteiger partial charge in [-0.25, -0.2) is 0 Å². The second kappa shape index (κ2) is 8.77. The summed E-state index contributed by atoms with van der Waals surface area (Å²) in [5.41, 5.74) is 9.13. The summed E-state index contributed by atoms with van der Waals surface area (Å²) >= 11 is 0. The number of nitrogens with one attached hydrogen (secondary N) is 2. The molecule has 1 saturated heterocycles. The van der Waals surface area contributed by atoms with E-state index in [1.165, 1.54) is 0 Å². The third-order valence-electron chi connectivity index (χ3n) is 5.84. The molecule has 0 spiro atoms. The van der Waals surface area contributed by atoms with E-state index in [2.05, 4.69) is 10.6 Å². The third-order valence-corrected chi connectivity index (χ3v) is 5.84. The standard InChI is InChI=1S/C23H26N4O4/c24-19(11-14-1-4-18(28)5-2-14)23(31)27-9-7-17(8-10-27)25-22(30)15-3-6-20-16(12-15)13-21(29)26-20/h1-6,12,17,19,28H,7-11,13,24H2,(H,25,30)(H,26,29). The monoisotopic (exact) mass is 422 g/mol. The normalized spacial score (nSPS) is 17.1. The Morgan fingerprint density at radius 1 is 1.16 bits per heavy atom. The fraction of sp³-hybridized carbons (Fsp3) is 0.348. The zero-order valence-electron chi connectivity index (χ0n) is 17.1. The number of rotatable bonds is 5. The molecule has 162 valence electrons. The summed E-state index contributed by atoms with van der Waals surface area (Å²) in [6.45, 7) is 1.07. The van der Waals surface area contributed by atoms with E-state index in [-0.39, 0.29) is 29.5 Å². The number of fused-ring (bicyclic) bond motifs is 1. The van der Waals surface area contributed by atoms with Crippen LogP contribution in [-0.2, 0) is 22.4 Å². The molecule has 1 fully saturated rings. The van der Waals surface area contributed by atoms with E-state index in [0.29, 0.717) is 44.3 Å². The Balaban J connectivity index is 1.27. The molecule has 0 bridgehead atoms. The molecule has 1 unspecified atom stereocenters. The van der Waals surface area contributed by atoms with Crippen LogP contribution in [0.2, 0.25) is 0 Å². The number of carbonyl (C=O) groups excluding carboxylic acids is 3. The number of amides is 3. The lowest BCUT2D eigenvalue weighted by atomic mass is 10.0. The van der Waals surface area contributed by atoms with Crippen LogP contribution in [0.3, 0.4) is 0 Å². The van der Waals surface area contributed by atoms with Crippen molar-refractivity contribution in [3.8, 4) is 5.75 Å². The first-order valence-electron chi connectivity index (χ1n) is 10.4. The summed E-state index contributed by atoms with van der Waals surface area (Å²) in [6, 6.07) is 11.2. The predicted molar refractivity (Wildman–Crippen MR) is 116 cm³/mol. The van der Waals surface area contributed by atoms with Crippen LogP contribution in [0.25, 0.3) is 0 Å². The van der Waals surface area contributed by atoms with E-state index in [4.69, 9.17) is 5.73 Å². The van der Waals surface area contributed by atoms with Crippen molar-refractivity contribution in [1.29, 1.82) is 0 Å². The van der Waals surface area contributed by atoms with Crippen LogP contribution in [0.1, 0.15) is 34.3 Å². The van der Waals surface area contributed by atoms with Gasteiger partial charge in [-0.05, 0) is 60.7 Å². The molecule has 0 saturated carbocycles. The molecule has 8 heteroatoms. The molecular weight excluding hydrogens is 396 g/mol. The van der Waals surface area contributed by atoms with Crippen molar-refractivity contribution in [3.63, 3.8) is 0 Å². The van der Waals surface area contributed by atoms with E-state index in [1.807, 2.05) is 0 Å². The molecule has 2 aromatic rings. The first kappa shape index (κ1) is 20.9. The summed E-state index contributed by atoms with van der Waals surface area (Å²) in [6.07, 6.45) is 2.02. The minimum Gasteiger partial charge on any atom is -0.508 e. The van der Waals surface area contributed by atoms with Crippen LogP contribution in [0.15, 0.2) is 42.5 Å². The molecule has 2 aliphatic heterocycles. The van der Waals surface area contributed by atoms with E-state index >= 15 is 0 Å². The van der Waals surface area contributed by atoms with Crippen LogP contribution in [0, 0.1) is 0 Å². The Bertz CT molecular complexity index is 997. The van der Waals surface area contributed by atoms with Crippen molar-refractivity contribution in [3.05, 3.63) is 59.2 Å². The van der Waals surface area contributed by atoms with Gasteiger partial charge in [0.05, 0.1) is 12.5 Å². The number of hydrogen-bond acceptors (Lipinski definition) is 5. The molecule has 2 aliphatic rings. The molecule has 1 atom stereocenters. The molecule has 2 heterocycles. The Kier molecular flexibility index (Phi) is 5.90. The number of phenols is 1. The van der Waals surface area contributed by atoms with Gasteiger partial charge in [0.2, 0.25) is 11.8 Å². The predicted octanol–water partition coefficient (Wildman–Crippen LogP) is 1.18. The summed E-state index contributed by atoms with van der Waals surface area (Å²) in [4.78, 5) is 38.5. The molecule has 8 nitrogen and oxygen atoms in total. The Morgan fingerprint density at radius 3 is 2.58 bits per heavy atom. The number of hydrogen-bond donors (Lipinski definition) is 4. The summed E-state index contributed by atoms with van der Waals surface area (Å²) < 4.78 is 0. The van der Waals surface area contributed by atoms with Crippen LogP contribution in [0.4, 0.5) is 5.69 Å². The molecule has 0 aromatic heterocycles. The average Bonchev–Trinajstić information content (AvgIpc) is 3.14. The van der Waals surface area contributed by atoms with Crippen LogP contribution in [0.5, 0.6) is 5.75 Å². The third kappa shape index (κ3) is 4.86. The van der Waals surface area contributed by atoms with Gasteiger partial charge < -0.3 is 26.4 Å². The van der Waals surface area contributed by atoms with Crippen molar-refractivity contribution in [1.82, 2.24) is 10.2 Å². The van der Waals surface area contributed by atoms with Gasteiger partial charge in [-0.3, -0.25) is 14.4 Å². The zero-order chi connectivity index (χ0) is 22.0. The number of piperidine rings is 1. The fourth-order valence-electron chi connectivity index (χ4n) is 4.09. The molecule has 3 amide bonds. The lowest BCUT2D eigenvalue weighted by Gasteiger charge is -2.34. The summed E-state index contributed by atoms with van der Waals surface area (Å²) in [7, 11) is 0. The van der Waals surface area contributed by atoms with Crippen molar-refractivity contribution >= 4 is 23.4 Å². The first-order valence-corrected chi connectivity index (χ1v) is 10.4. The van der Waals surface area contributed by atoms with E-state index in [0.717, 1.165) is 16.8 Å². The Hall–Kier alpha value is -3.39. The van der Waals surface area contributed by atoms with Gasteiger partial charge >= 0.3 is 0 Å². The maximum absolute atomic E-state index is 12.7. The van der Waals surface area contributed by atoms with Crippen LogP contribution >= 0.6 is 0 Å². The summed E-state index contributed by atoms with van der Waals surface area (Å²) in [5.74, 6) is -0.157. The van der Waals surface area contributed by atoms with E-state index in [9.17, 15) is 19.5 Å². The highest BCUT2D eigenvalue weighted by Gasteiger charge is 2.28. The molecule has 5 N–H and O–H groups in total. The number of anilines is 1. The second-order valence-corrected chi connectivity index (χ2v) is 8.15. The highest BCUT2D eigenvalue weighted by molar-refractivity contribution is 6.01. The number of aromatic hydroxyl groups is 1. The van der Waals surface area contributed by atoms with Gasteiger partial charge in [0, 0.05) is 30.4 Å². The molecule has 4 rings (SSSR count). The van der Waals surface area contributed by atoms with E-state index in [1.54, 1.807) is 47.4 Å². The van der Waals surface area contributed by atoms with Gasteiger partial charge in [0.25, 0.3) is 5.91 Å². The largest absolute Gasteiger partial charge is 0.508 e. The fourth-order valence-corrected chi connectivity index (χ4v) is 4.09. The highest BCUT2D eigenvalue weighted by atomic mass is 16.3. The zero-order valence-corrected chi connectivity index (χ0v) is 17.1. The quantitative estimate of drug-likeness (QED) is 0.576. The minimum atomic E-state index is -0.640. The maximum Gasteiger partial charge on any atom is 0.251 e. The van der Waals surface area contributed by atoms with Crippen molar-refractivity contribution in [2.24, 2.45) is 5.73 Å². The highest BCUT2D eigenvalue weighted by Crippen LogP contribution is 2.24. The number of nitrogens with two attached hydrogens (primary N) is 1. The number of phenolic OH excluding ortho intramolecular Hbond substituents is 1. The lowest BCUT2D eigenvalue weighted by Crippen LogP contribution is -2.51. The van der Waals surface area contributed by atoms with Crippen molar-refractivity contribution in [2.75, 3.05) is 18.4 Å². The number of benzene rings is 2. The van der Waals surface area contributed by atoms with Gasteiger partial charge in [-0.15, -0.1) is 0 Å². The molecule has 2 aromatic carbocycles. The molecular formula is C23H26N4O4. The van der Waals surface area contributed by atoms with E-state index < -0.39 is 6.04 Å². The van der Waals surface area contributed by atoms with Gasteiger partial charge in [-0.2, -0.15) is 0 Å². The average molecular weight is 422 g/mol. The SMILES string of the molecule is NC(Cc1ccc(O)cc1)C(=O)N1CCC(NC(=O)c2ccc3c(c2)CC(=O)N3)CC1. The lowest BCUT2D eigenvalue weighted by molar-refractivity contribution is -0.133. The Morgan fingerprint density at radius 2 is 1.87 bits per heavy atom. The number of likely N-dealkylation sites (tertiary alicyclic amines) is 1. The van der Waals surface area contributed by atoms with Crippen molar-refractivity contribution in [2.45, 2.75) is 37.8 Å². The molecule has 31 heavy (non-hydrogen) atoms. The van der Waals surface area contributed by atoms with Crippen molar-refractivity contribution < 1.29 is 19.5 Å². The topological polar surface area (TPSA) is 125 Å². The molecule has 0 aliphatic carbocycles. The minimum absolute atomic E-state index is 0.0158. The second-order valence-electron chi connectivity index (χ2n) is 8.15. The van der Waals surface area contributed by atoms with Gasteiger partial charge in [-0.1, -0.05) is 12.1 Å². The smallest absolute Gasteiger partial charge is 0.251 e. The van der Waals surface area contributed by atoms with Crippen LogP contribution in [-0.4, -0.2) is 52.9 Å². The molecule has 0 radical (unpaired) electrons. The van der Waals surface area contributed by atoms with Gasteiger partial charge in [0.15, 0.2) is 0 Å².